The van der Waals surface area contributed by atoms with Crippen LogP contribution in [-0.4, -0.2) is 62.1 Å². The van der Waals surface area contributed by atoms with Gasteiger partial charge in [0.25, 0.3) is 5.56 Å². The minimum atomic E-state index is -5.08. The van der Waals surface area contributed by atoms with Gasteiger partial charge in [-0.25, -0.2) is 14.2 Å². The van der Waals surface area contributed by atoms with E-state index in [-0.39, 0.29) is 5.56 Å². The van der Waals surface area contributed by atoms with Crippen LogP contribution in [0.1, 0.15) is 18.1 Å². The highest BCUT2D eigenvalue weighted by molar-refractivity contribution is 5.77. The van der Waals surface area contributed by atoms with E-state index in [9.17, 15) is 22.8 Å². The average molecular weight is 521 g/mol. The topological polar surface area (TPSA) is 114 Å². The number of hydrogen-bond acceptors (Lipinski definition) is 6. The normalized spacial score (nSPS) is 13.5. The molecule has 0 saturated carbocycles. The highest BCUT2D eigenvalue weighted by atomic mass is 19.4. The summed E-state index contributed by atoms with van der Waals surface area (Å²) in [6, 6.07) is 5.82. The number of piperazine rings is 1. The van der Waals surface area contributed by atoms with Crippen LogP contribution in [0.3, 0.4) is 0 Å². The maximum atomic E-state index is 13.1. The number of halogens is 3. The molecule has 1 fully saturated rings. The second kappa shape index (κ2) is 10.9. The Morgan fingerprint density at radius 3 is 2.32 bits per heavy atom. The predicted molar refractivity (Wildman–Crippen MR) is 132 cm³/mol. The van der Waals surface area contributed by atoms with Gasteiger partial charge in [0.05, 0.1) is 12.2 Å². The molecule has 2 N–H and O–H groups in total. The van der Waals surface area contributed by atoms with Crippen molar-refractivity contribution in [3.63, 3.8) is 0 Å². The fourth-order valence-corrected chi connectivity index (χ4v) is 3.79. The van der Waals surface area contributed by atoms with Crippen molar-refractivity contribution in [1.82, 2.24) is 24.0 Å². The van der Waals surface area contributed by atoms with Crippen molar-refractivity contribution >= 4 is 23.1 Å². The zero-order valence-electron chi connectivity index (χ0n) is 20.8. The smallest absolute Gasteiger partial charge is 0.475 e. The maximum absolute atomic E-state index is 13.1. The number of nitrogens with one attached hydrogen (secondary N) is 1. The molecule has 1 aliphatic heterocycles. The molecule has 13 heteroatoms. The molecule has 0 spiro atoms. The summed E-state index contributed by atoms with van der Waals surface area (Å²) in [4.78, 5) is 42.1. The van der Waals surface area contributed by atoms with E-state index in [0.29, 0.717) is 29.3 Å². The van der Waals surface area contributed by atoms with Crippen LogP contribution < -0.4 is 21.5 Å². The molecule has 0 amide bonds. The number of carbonyl (C=O) groups is 1. The highest BCUT2D eigenvalue weighted by Crippen LogP contribution is 2.23. The summed E-state index contributed by atoms with van der Waals surface area (Å²) in [5, 5.41) is 10.5. The first-order valence-electron chi connectivity index (χ1n) is 11.3. The van der Waals surface area contributed by atoms with Gasteiger partial charge in [-0.15, -0.1) is 5.92 Å². The molecule has 198 valence electrons. The van der Waals surface area contributed by atoms with Crippen molar-refractivity contribution < 1.29 is 23.1 Å². The van der Waals surface area contributed by atoms with Crippen LogP contribution in [0.15, 0.2) is 27.8 Å². The molecule has 37 heavy (non-hydrogen) atoms. The highest BCUT2D eigenvalue weighted by Gasteiger charge is 2.38. The van der Waals surface area contributed by atoms with Gasteiger partial charge in [-0.05, 0) is 44.0 Å². The van der Waals surface area contributed by atoms with E-state index >= 15 is 0 Å². The van der Waals surface area contributed by atoms with E-state index in [1.54, 1.807) is 6.92 Å². The molecule has 2 aromatic heterocycles. The maximum Gasteiger partial charge on any atom is 0.490 e. The molecule has 3 aromatic rings. The van der Waals surface area contributed by atoms with E-state index in [1.165, 1.54) is 11.6 Å². The van der Waals surface area contributed by atoms with Crippen LogP contribution in [0, 0.1) is 25.7 Å². The molecule has 0 bridgehead atoms. The van der Waals surface area contributed by atoms with Gasteiger partial charge in [-0.3, -0.25) is 13.9 Å². The second-order valence-electron chi connectivity index (χ2n) is 8.39. The Balaban J connectivity index is 0.000000479. The molecule has 0 unspecified atom stereocenters. The molecule has 1 aliphatic rings. The summed E-state index contributed by atoms with van der Waals surface area (Å²) in [7, 11) is 1.51. The van der Waals surface area contributed by atoms with E-state index in [4.69, 9.17) is 14.9 Å². The first kappa shape index (κ1) is 27.5. The van der Waals surface area contributed by atoms with Gasteiger partial charge in [-0.2, -0.15) is 18.2 Å². The number of carboxylic acid groups (broad SMARTS) is 1. The number of nitrogens with zero attached hydrogens (tertiary/aromatic N) is 5. The Kier molecular flexibility index (Phi) is 8.12. The summed E-state index contributed by atoms with van der Waals surface area (Å²) in [6.45, 7) is 9.37. The molecule has 3 heterocycles. The summed E-state index contributed by atoms with van der Waals surface area (Å²) in [5.41, 5.74) is 2.90. The van der Waals surface area contributed by atoms with E-state index in [1.807, 2.05) is 36.6 Å². The van der Waals surface area contributed by atoms with Gasteiger partial charge >= 0.3 is 17.8 Å². The lowest BCUT2D eigenvalue weighted by Gasteiger charge is -2.28. The third kappa shape index (κ3) is 5.69. The number of imidazole rings is 1. The Labute approximate surface area is 209 Å². The minimum absolute atomic E-state index is 0.340. The number of benzene rings is 1. The lowest BCUT2D eigenvalue weighted by atomic mass is 10.1. The molecule has 0 atom stereocenters. The Morgan fingerprint density at radius 2 is 1.78 bits per heavy atom. The fourth-order valence-electron chi connectivity index (χ4n) is 3.79. The first-order chi connectivity index (χ1) is 17.4. The monoisotopic (exact) mass is 520 g/mol. The summed E-state index contributed by atoms with van der Waals surface area (Å²) < 4.78 is 36.3. The van der Waals surface area contributed by atoms with Crippen LogP contribution in [0.2, 0.25) is 0 Å². The van der Waals surface area contributed by atoms with Crippen molar-refractivity contribution in [3.05, 3.63) is 50.2 Å². The number of anilines is 1. The average Bonchev–Trinajstić information content (AvgIpc) is 3.23. The predicted octanol–water partition coefficient (Wildman–Crippen LogP) is 1.57. The van der Waals surface area contributed by atoms with Crippen molar-refractivity contribution in [2.75, 3.05) is 31.1 Å². The molecule has 1 saturated heterocycles. The number of alkyl halides is 3. The van der Waals surface area contributed by atoms with Crippen molar-refractivity contribution in [2.45, 2.75) is 33.5 Å². The van der Waals surface area contributed by atoms with Crippen LogP contribution >= 0.6 is 0 Å². The summed E-state index contributed by atoms with van der Waals surface area (Å²) in [5.74, 6) is 3.87. The van der Waals surface area contributed by atoms with Gasteiger partial charge in [0.15, 0.2) is 11.2 Å². The van der Waals surface area contributed by atoms with Gasteiger partial charge in [0.1, 0.15) is 0 Å². The van der Waals surface area contributed by atoms with Crippen molar-refractivity contribution in [1.29, 1.82) is 0 Å². The van der Waals surface area contributed by atoms with Gasteiger partial charge < -0.3 is 15.3 Å². The van der Waals surface area contributed by atoms with Crippen molar-refractivity contribution in [3.8, 4) is 17.5 Å². The van der Waals surface area contributed by atoms with Crippen molar-refractivity contribution in [2.24, 2.45) is 7.05 Å². The number of fused-ring (bicyclic) bond motifs is 1. The van der Waals surface area contributed by atoms with Gasteiger partial charge in [0.2, 0.25) is 5.95 Å². The van der Waals surface area contributed by atoms with Gasteiger partial charge in [-0.1, -0.05) is 12.0 Å². The zero-order valence-corrected chi connectivity index (χ0v) is 20.8. The van der Waals surface area contributed by atoms with Crippen LogP contribution in [0.25, 0.3) is 16.9 Å². The lowest BCUT2D eigenvalue weighted by molar-refractivity contribution is -0.192. The lowest BCUT2D eigenvalue weighted by Crippen LogP contribution is -2.44. The third-order valence-corrected chi connectivity index (χ3v) is 5.93. The van der Waals surface area contributed by atoms with Crippen LogP contribution in [0.5, 0.6) is 0 Å². The Bertz CT molecular complexity index is 1500. The summed E-state index contributed by atoms with van der Waals surface area (Å²) >= 11 is 0. The van der Waals surface area contributed by atoms with Crippen LogP contribution in [0.4, 0.5) is 19.1 Å². The number of aryl methyl sites for hydroxylation is 2. The molecule has 10 nitrogen and oxygen atoms in total. The number of rotatable bonds is 3. The number of aliphatic carboxylic acids is 1. The molecular formula is C24H27F3N6O4. The second-order valence-corrected chi connectivity index (χ2v) is 8.39. The fraction of sp³-hybridized carbons (Fsp3) is 0.417. The van der Waals surface area contributed by atoms with E-state index in [0.717, 1.165) is 41.9 Å². The summed E-state index contributed by atoms with van der Waals surface area (Å²) in [6.07, 6.45) is -5.08. The molecule has 1 aromatic carbocycles. The molecular weight excluding hydrogens is 493 g/mol. The largest absolute Gasteiger partial charge is 0.490 e. The molecule has 4 rings (SSSR count). The minimum Gasteiger partial charge on any atom is -0.475 e. The first-order valence-corrected chi connectivity index (χ1v) is 11.3. The molecule has 0 radical (unpaired) electrons. The number of carboxylic acids is 1. The molecule has 0 aliphatic carbocycles. The number of aromatic nitrogens is 4. The Morgan fingerprint density at radius 1 is 1.16 bits per heavy atom. The van der Waals surface area contributed by atoms with Gasteiger partial charge in [0, 0.05) is 33.2 Å². The Hall–Kier alpha value is -4.05. The van der Waals surface area contributed by atoms with E-state index < -0.39 is 17.8 Å². The third-order valence-electron chi connectivity index (χ3n) is 5.93. The quantitative estimate of drug-likeness (QED) is 0.504. The SMILES string of the molecule is CC#CCn1c(N2CCNCC2)nc2c1c(=O)n(C)c(=O)n2-c1ccc(C)c(C)c1.O=C(O)C(F)(F)F. The standard InChI is InChI=1S/C22H26N6O2.C2HF3O2/c1-5-6-11-27-18-19(24-21(27)26-12-9-23-10-13-26)28(22(30)25(4)20(18)29)17-8-7-15(2)16(3)14-17;3-2(4,5)1(6)7/h7-8,14,23H,9-13H2,1-4H3;(H,6,7). The number of hydrogen-bond donors (Lipinski definition) is 2. The van der Waals surface area contributed by atoms with Crippen LogP contribution in [-0.2, 0) is 18.4 Å². The zero-order chi connectivity index (χ0) is 27.5. The van der Waals surface area contributed by atoms with E-state index in [2.05, 4.69) is 22.1 Å².